The molecule has 0 spiro atoms. The van der Waals surface area contributed by atoms with Gasteiger partial charge in [0.1, 0.15) is 22.8 Å². The van der Waals surface area contributed by atoms with Crippen molar-refractivity contribution in [2.75, 3.05) is 19.5 Å². The molecule has 3 N–H and O–H groups in total. The van der Waals surface area contributed by atoms with Gasteiger partial charge in [-0.25, -0.2) is 8.42 Å². The van der Waals surface area contributed by atoms with E-state index in [1.165, 1.54) is 13.2 Å². The number of ether oxygens (including phenoxy) is 2. The van der Waals surface area contributed by atoms with Crippen LogP contribution < -0.4 is 60.9 Å². The fraction of sp³-hybridized carbons (Fsp3) is 0.316. The summed E-state index contributed by atoms with van der Waals surface area (Å²) in [5.74, 6) is -1.81. The molecule has 0 saturated heterocycles. The van der Waals surface area contributed by atoms with Gasteiger partial charge in [-0.05, 0) is 30.5 Å². The predicted molar refractivity (Wildman–Crippen MR) is 102 cm³/mol. The van der Waals surface area contributed by atoms with E-state index in [1.54, 1.807) is 12.1 Å². The molecule has 2 aromatic rings. The van der Waals surface area contributed by atoms with Crippen LogP contribution in [0, 0.1) is 0 Å². The molecule has 11 heteroatoms. The van der Waals surface area contributed by atoms with Gasteiger partial charge in [0.2, 0.25) is 0 Å². The van der Waals surface area contributed by atoms with Crippen LogP contribution in [0.2, 0.25) is 0 Å². The van der Waals surface area contributed by atoms with Crippen LogP contribution in [-0.4, -0.2) is 53.5 Å². The molecule has 0 radical (unpaired) electrons. The molecule has 0 aliphatic rings. The third-order valence-electron chi connectivity index (χ3n) is 4.04. The smallest absolute Gasteiger partial charge is 0.748 e. The molecule has 9 nitrogen and oxygen atoms in total. The standard InChI is InChI=1S/C19H22O9S.K/c1-27-18-6-4-12(9-15(18)21)3-5-14(20)19-16(22)10-13(11-17(19)23)28-7-2-8-29(24,25)26;/h4,6,9-11,21-23H,2-3,5,7-8H2,1H3,(H,24,25,26);/q;+1/p-1. The van der Waals surface area contributed by atoms with Crippen molar-refractivity contribution in [3.63, 3.8) is 0 Å². The molecule has 0 fully saturated rings. The largest absolute Gasteiger partial charge is 1.00 e. The van der Waals surface area contributed by atoms with Gasteiger partial charge in [0.25, 0.3) is 0 Å². The Kier molecular flexibility index (Phi) is 10.6. The van der Waals surface area contributed by atoms with Gasteiger partial charge in [-0.15, -0.1) is 0 Å². The quantitative estimate of drug-likeness (QED) is 0.173. The van der Waals surface area contributed by atoms with Gasteiger partial charge in [0, 0.05) is 24.3 Å². The first-order valence-corrected chi connectivity index (χ1v) is 10.2. The number of methoxy groups -OCH3 is 1. The topological polar surface area (TPSA) is 153 Å². The van der Waals surface area contributed by atoms with Gasteiger partial charge in [-0.2, -0.15) is 0 Å². The Morgan fingerprint density at radius 3 is 2.23 bits per heavy atom. The SMILES string of the molecule is COc1ccc(CCC(=O)c2c(O)cc(OCCCS(=O)(=O)[O-])cc2O)cc1O.[K+]. The number of carbonyl (C=O) groups is 1. The summed E-state index contributed by atoms with van der Waals surface area (Å²) in [5.41, 5.74) is 0.404. The molecule has 0 heterocycles. The van der Waals surface area contributed by atoms with Gasteiger partial charge in [-0.1, -0.05) is 6.07 Å². The first kappa shape index (κ1) is 26.7. The van der Waals surface area contributed by atoms with E-state index in [1.807, 2.05) is 0 Å². The summed E-state index contributed by atoms with van der Waals surface area (Å²) in [4.78, 5) is 12.4. The van der Waals surface area contributed by atoms with Crippen molar-refractivity contribution in [2.24, 2.45) is 0 Å². The molecule has 0 atom stereocenters. The van der Waals surface area contributed by atoms with E-state index in [9.17, 15) is 33.1 Å². The van der Waals surface area contributed by atoms with Crippen molar-refractivity contribution in [1.82, 2.24) is 0 Å². The Bertz CT molecular complexity index is 966. The molecule has 158 valence electrons. The van der Waals surface area contributed by atoms with E-state index >= 15 is 0 Å². The molecule has 0 aliphatic heterocycles. The minimum atomic E-state index is -4.34. The number of aryl methyl sites for hydroxylation is 1. The van der Waals surface area contributed by atoms with Crippen molar-refractivity contribution in [3.8, 4) is 28.7 Å². The molecule has 0 saturated carbocycles. The first-order valence-electron chi connectivity index (χ1n) is 8.62. The van der Waals surface area contributed by atoms with Gasteiger partial charge < -0.3 is 29.3 Å². The number of aromatic hydroxyl groups is 3. The average Bonchev–Trinajstić information content (AvgIpc) is 2.62. The van der Waals surface area contributed by atoms with E-state index in [0.29, 0.717) is 11.3 Å². The zero-order valence-corrected chi connectivity index (χ0v) is 20.6. The fourth-order valence-corrected chi connectivity index (χ4v) is 3.13. The second kappa shape index (κ2) is 11.9. The van der Waals surface area contributed by atoms with Crippen molar-refractivity contribution in [2.45, 2.75) is 19.3 Å². The Hall–Kier alpha value is -1.34. The van der Waals surface area contributed by atoms with Crippen LogP contribution in [-0.2, 0) is 16.5 Å². The minimum Gasteiger partial charge on any atom is -0.748 e. The molecule has 2 rings (SSSR count). The van der Waals surface area contributed by atoms with Crippen molar-refractivity contribution < 1.29 is 93.9 Å². The number of hydrogen-bond acceptors (Lipinski definition) is 9. The molecule has 0 aliphatic carbocycles. The average molecular weight is 465 g/mol. The minimum absolute atomic E-state index is 0. The third kappa shape index (κ3) is 8.06. The first-order chi connectivity index (χ1) is 13.6. The van der Waals surface area contributed by atoms with E-state index in [0.717, 1.165) is 12.1 Å². The van der Waals surface area contributed by atoms with Crippen LogP contribution in [0.25, 0.3) is 0 Å². The maximum atomic E-state index is 12.4. The number of phenolic OH excluding ortho intramolecular Hbond substituents is 3. The maximum absolute atomic E-state index is 12.4. The molecular weight excluding hydrogens is 443 g/mol. The molecule has 2 aromatic carbocycles. The van der Waals surface area contributed by atoms with Crippen molar-refractivity contribution in [3.05, 3.63) is 41.5 Å². The third-order valence-corrected chi connectivity index (χ3v) is 4.83. The summed E-state index contributed by atoms with van der Waals surface area (Å²) < 4.78 is 41.7. The number of rotatable bonds is 10. The summed E-state index contributed by atoms with van der Waals surface area (Å²) in [6.07, 6.45) is 0.175. The van der Waals surface area contributed by atoms with Gasteiger partial charge in [0.15, 0.2) is 17.3 Å². The monoisotopic (exact) mass is 464 g/mol. The second-order valence-electron chi connectivity index (χ2n) is 6.23. The number of Topliss-reactive ketones (excluding diaryl/α,β-unsaturated/α-hetero) is 1. The van der Waals surface area contributed by atoms with Crippen LogP contribution in [0.4, 0.5) is 0 Å². The van der Waals surface area contributed by atoms with Crippen molar-refractivity contribution in [1.29, 1.82) is 0 Å². The number of ketones is 1. The molecule has 0 bridgehead atoms. The summed E-state index contributed by atoms with van der Waals surface area (Å²) in [7, 11) is -2.93. The molecule has 30 heavy (non-hydrogen) atoms. The van der Waals surface area contributed by atoms with Crippen LogP contribution in [0.5, 0.6) is 28.7 Å². The normalized spacial score (nSPS) is 10.9. The molecule has 0 amide bonds. The molecule has 0 aromatic heterocycles. The van der Waals surface area contributed by atoms with Crippen LogP contribution in [0.15, 0.2) is 30.3 Å². The summed E-state index contributed by atoms with van der Waals surface area (Å²) >= 11 is 0. The Balaban J connectivity index is 0.00000450. The number of phenols is 3. The van der Waals surface area contributed by atoms with E-state index in [4.69, 9.17) is 9.47 Å². The van der Waals surface area contributed by atoms with E-state index in [-0.39, 0.29) is 94.3 Å². The van der Waals surface area contributed by atoms with Gasteiger partial charge >= 0.3 is 51.4 Å². The number of carbonyl (C=O) groups excluding carboxylic acids is 1. The summed E-state index contributed by atoms with van der Waals surface area (Å²) in [6.45, 7) is -0.116. The van der Waals surface area contributed by atoms with Crippen molar-refractivity contribution >= 4 is 15.9 Å². The Morgan fingerprint density at radius 1 is 1.07 bits per heavy atom. The number of hydrogen-bond donors (Lipinski definition) is 3. The Labute approximate surface area is 216 Å². The predicted octanol–water partition coefficient (Wildman–Crippen LogP) is -1.05. The summed E-state index contributed by atoms with van der Waals surface area (Å²) in [6, 6.07) is 6.96. The van der Waals surface area contributed by atoms with Gasteiger partial charge in [0.05, 0.1) is 23.8 Å². The van der Waals surface area contributed by atoms with Crippen LogP contribution >= 0.6 is 0 Å². The maximum Gasteiger partial charge on any atom is 1.00 e. The number of benzene rings is 2. The zero-order valence-electron chi connectivity index (χ0n) is 16.6. The zero-order chi connectivity index (χ0) is 21.6. The summed E-state index contributed by atoms with van der Waals surface area (Å²) in [5, 5.41) is 29.9. The fourth-order valence-electron chi connectivity index (χ4n) is 2.66. The Morgan fingerprint density at radius 2 is 1.70 bits per heavy atom. The van der Waals surface area contributed by atoms with E-state index < -0.39 is 33.2 Å². The van der Waals surface area contributed by atoms with Crippen LogP contribution in [0.1, 0.15) is 28.8 Å². The second-order valence-corrected chi connectivity index (χ2v) is 7.75. The van der Waals surface area contributed by atoms with Gasteiger partial charge in [-0.3, -0.25) is 4.79 Å². The van der Waals surface area contributed by atoms with E-state index in [2.05, 4.69) is 0 Å². The van der Waals surface area contributed by atoms with Crippen LogP contribution in [0.3, 0.4) is 0 Å². The molecule has 0 unspecified atom stereocenters. The molecular formula is C19H21KO9S.